The van der Waals surface area contributed by atoms with Crippen LogP contribution in [0.2, 0.25) is 0 Å². The van der Waals surface area contributed by atoms with Crippen molar-refractivity contribution in [2.75, 3.05) is 78.9 Å². The van der Waals surface area contributed by atoms with Gasteiger partial charge in [0, 0.05) is 79.8 Å². The Morgan fingerprint density at radius 3 is 1.23 bits per heavy atom. The molecule has 4 aromatic heterocycles. The smallest absolute Gasteiger partial charge is 0.394 e. The fourth-order valence-corrected chi connectivity index (χ4v) is 11.3. The van der Waals surface area contributed by atoms with Crippen molar-refractivity contribution >= 4 is 52.5 Å². The van der Waals surface area contributed by atoms with Crippen molar-refractivity contribution in [1.82, 2.24) is 57.9 Å². The van der Waals surface area contributed by atoms with E-state index in [4.69, 9.17) is 48.4 Å². The van der Waals surface area contributed by atoms with E-state index in [9.17, 15) is 26.4 Å². The Labute approximate surface area is 423 Å². The number of piperazine rings is 2. The molecule has 2 aliphatic rings. The molecule has 0 spiro atoms. The summed E-state index contributed by atoms with van der Waals surface area (Å²) in [4.78, 5) is 45.1. The lowest BCUT2D eigenvalue weighted by Gasteiger charge is -2.33. The Hall–Kier alpha value is -5.73. The molecule has 8 rings (SSSR count). The zero-order valence-electron chi connectivity index (χ0n) is 41.6. The fourth-order valence-electron chi connectivity index (χ4n) is 8.43. The van der Waals surface area contributed by atoms with Crippen LogP contribution in [-0.4, -0.2) is 171 Å². The van der Waals surface area contributed by atoms with Crippen LogP contribution in [0.15, 0.2) is 55.8 Å². The van der Waals surface area contributed by atoms with E-state index < -0.39 is 30.4 Å². The summed E-state index contributed by atoms with van der Waals surface area (Å²) < 4.78 is 103. The minimum Gasteiger partial charge on any atom is -0.493 e. The molecule has 400 valence electrons. The molecule has 0 bridgehead atoms. The second-order valence-corrected chi connectivity index (χ2v) is 21.7. The van der Waals surface area contributed by atoms with E-state index in [1.54, 1.807) is 26.2 Å². The highest BCUT2D eigenvalue weighted by molar-refractivity contribution is 7.89. The molecule has 6 aromatic rings. The molecule has 8 N–H and O–H groups in total. The van der Waals surface area contributed by atoms with E-state index in [0.29, 0.717) is 136 Å². The zero-order chi connectivity index (χ0) is 53.4. The highest BCUT2D eigenvalue weighted by Gasteiger charge is 2.31. The van der Waals surface area contributed by atoms with Crippen LogP contribution in [0, 0.1) is 0 Å². The molecule has 2 aromatic carbocycles. The molecule has 0 aliphatic carbocycles. The van der Waals surface area contributed by atoms with Crippen molar-refractivity contribution in [3.63, 3.8) is 0 Å². The van der Waals surface area contributed by atoms with Crippen LogP contribution in [0.3, 0.4) is 0 Å². The number of benzene rings is 2. The number of fused-ring (bicyclic) bond motifs is 2. The van der Waals surface area contributed by atoms with Gasteiger partial charge in [-0.25, -0.2) is 26.8 Å². The summed E-state index contributed by atoms with van der Waals surface area (Å²) in [5, 5.41) is 8.90. The first-order valence-corrected chi connectivity index (χ1v) is 27.9. The van der Waals surface area contributed by atoms with Gasteiger partial charge in [0.2, 0.25) is 20.0 Å². The maximum absolute atomic E-state index is 13.4. The van der Waals surface area contributed by atoms with Crippen molar-refractivity contribution in [2.45, 2.75) is 63.2 Å². The van der Waals surface area contributed by atoms with Crippen LogP contribution in [0.1, 0.15) is 51.9 Å². The molecule has 2 fully saturated rings. The first-order valence-electron chi connectivity index (χ1n) is 23.6. The first kappa shape index (κ1) is 56.6. The molecule has 6 heterocycles. The van der Waals surface area contributed by atoms with Crippen molar-refractivity contribution < 1.29 is 43.8 Å². The Bertz CT molecular complexity index is 3150. The van der Waals surface area contributed by atoms with Crippen LogP contribution >= 0.6 is 0 Å². The van der Waals surface area contributed by atoms with Gasteiger partial charge in [0.15, 0.2) is 11.0 Å². The number of ether oxygens (including phenoxy) is 2. The predicted octanol–water partition coefficient (Wildman–Crippen LogP) is 1.14. The number of sulfonamides is 2. The molecule has 29 heteroatoms. The minimum absolute atomic E-state index is 0.120. The molecule has 0 unspecified atom stereocenters. The molecule has 0 atom stereocenters. The van der Waals surface area contributed by atoms with Gasteiger partial charge < -0.3 is 30.9 Å². The van der Waals surface area contributed by atoms with Crippen molar-refractivity contribution in [3.05, 3.63) is 68.5 Å². The van der Waals surface area contributed by atoms with Gasteiger partial charge in [-0.15, -0.1) is 0 Å². The lowest BCUT2D eigenvalue weighted by molar-refractivity contribution is 0.192. The van der Waals surface area contributed by atoms with Gasteiger partial charge in [0.1, 0.15) is 34.2 Å². The molecule has 2 aliphatic heterocycles. The number of nitrogens with two attached hydrogens (primary N) is 2. The van der Waals surface area contributed by atoms with E-state index in [0.717, 1.165) is 24.2 Å². The first-order chi connectivity index (χ1) is 34.6. The average Bonchev–Trinajstić information content (AvgIpc) is 3.85. The molecule has 0 saturated carbocycles. The third kappa shape index (κ3) is 13.2. The number of rotatable bonds is 16. The van der Waals surface area contributed by atoms with Gasteiger partial charge in [0.25, 0.3) is 11.1 Å². The van der Waals surface area contributed by atoms with Crippen molar-refractivity contribution in [2.24, 2.45) is 25.6 Å². The van der Waals surface area contributed by atoms with Gasteiger partial charge in [0.05, 0.1) is 45.5 Å². The average molecular weight is 1080 g/mol. The largest absolute Gasteiger partial charge is 0.493 e. The fraction of sp³-hybridized carbons (Fsp3) is 0.500. The standard InChI is InChI=1S/2C22H31N7O4S.H2O4S/c2*1-4-6-17-19-20(27(3)26-17)22(30)25-21(24-19)16-13-15(7-8-18(16)33-5-2)34(31,32)29-11-9-28(14-23)10-12-29;1-5(2,3)4/h2*7-8,13H,4-6,9-12,14,23H2,1-3H3,(H,24,25,30);(H2,1,2,3,4). The normalized spacial score (nSPS) is 15.5. The summed E-state index contributed by atoms with van der Waals surface area (Å²) in [6.07, 6.45) is 3.06. The van der Waals surface area contributed by atoms with Gasteiger partial charge in [-0.05, 0) is 63.1 Å². The van der Waals surface area contributed by atoms with E-state index in [1.165, 1.54) is 42.2 Å². The van der Waals surface area contributed by atoms with Crippen molar-refractivity contribution in [3.8, 4) is 34.3 Å². The zero-order valence-corrected chi connectivity index (χ0v) is 44.1. The lowest BCUT2D eigenvalue weighted by atomic mass is 10.1. The monoisotopic (exact) mass is 1080 g/mol. The summed E-state index contributed by atoms with van der Waals surface area (Å²) in [6, 6.07) is 9.33. The number of aromatic amines is 2. The second-order valence-electron chi connectivity index (χ2n) is 16.9. The molecular formula is C44H64N14O12S3. The Kier molecular flexibility index (Phi) is 18.7. The van der Waals surface area contributed by atoms with Crippen LogP contribution in [0.5, 0.6) is 11.5 Å². The summed E-state index contributed by atoms with van der Waals surface area (Å²) in [5.41, 5.74) is 14.7. The highest BCUT2D eigenvalue weighted by atomic mass is 32.3. The van der Waals surface area contributed by atoms with E-state index >= 15 is 0 Å². The predicted molar refractivity (Wildman–Crippen MR) is 272 cm³/mol. The molecule has 0 radical (unpaired) electrons. The summed E-state index contributed by atoms with van der Waals surface area (Å²) in [5.74, 6) is 1.38. The Balaban J connectivity index is 0.000000218. The SMILES string of the molecule is CCCc1nn(C)c2c(=O)[nH]c(-c3cc(S(=O)(=O)N4CCN(CN)CC4)ccc3OCC)nc12.CCCc1nn(C)c2c(=O)[nH]c(-c3cc(S(=O)(=O)N4CCN(CN)CC4)ccc3OCC)nc12.O=S(=O)(O)O. The number of aryl methyl sites for hydroxylation is 4. The van der Waals surface area contributed by atoms with Crippen LogP contribution in [-0.2, 0) is 57.4 Å². The highest BCUT2D eigenvalue weighted by Crippen LogP contribution is 2.34. The molecule has 0 amide bonds. The lowest BCUT2D eigenvalue weighted by Crippen LogP contribution is -2.50. The molecular weight excluding hydrogens is 1010 g/mol. The maximum atomic E-state index is 13.4. The molecule has 73 heavy (non-hydrogen) atoms. The van der Waals surface area contributed by atoms with Crippen LogP contribution in [0.25, 0.3) is 44.8 Å². The maximum Gasteiger partial charge on any atom is 0.394 e. The topological polar surface area (TPSA) is 353 Å². The van der Waals surface area contributed by atoms with E-state index in [1.807, 2.05) is 37.5 Å². The molecule has 26 nitrogen and oxygen atoms in total. The third-order valence-electron chi connectivity index (χ3n) is 12.0. The third-order valence-corrected chi connectivity index (χ3v) is 15.8. The second kappa shape index (κ2) is 24.1. The quantitative estimate of drug-likeness (QED) is 0.0740. The van der Waals surface area contributed by atoms with Crippen molar-refractivity contribution in [1.29, 1.82) is 0 Å². The number of aromatic nitrogens is 8. The molecule has 2 saturated heterocycles. The van der Waals surface area contributed by atoms with E-state index in [-0.39, 0.29) is 32.6 Å². The summed E-state index contributed by atoms with van der Waals surface area (Å²) >= 11 is 0. The minimum atomic E-state index is -4.67. The number of H-pyrrole nitrogens is 2. The number of hydrogen-bond donors (Lipinski definition) is 6. The van der Waals surface area contributed by atoms with Crippen LogP contribution in [0.4, 0.5) is 0 Å². The van der Waals surface area contributed by atoms with Crippen LogP contribution < -0.4 is 32.1 Å². The van der Waals surface area contributed by atoms with Gasteiger partial charge in [-0.1, -0.05) is 26.7 Å². The van der Waals surface area contributed by atoms with Gasteiger partial charge in [-0.2, -0.15) is 27.2 Å². The Morgan fingerprint density at radius 1 is 0.589 bits per heavy atom. The number of hydrogen-bond acceptors (Lipinski definition) is 18. The number of nitrogens with one attached hydrogen (secondary N) is 2. The Morgan fingerprint density at radius 2 is 0.932 bits per heavy atom. The van der Waals surface area contributed by atoms with Gasteiger partial charge in [-0.3, -0.25) is 37.9 Å². The summed E-state index contributed by atoms with van der Waals surface area (Å²) in [6.45, 7) is 13.0. The van der Waals surface area contributed by atoms with E-state index in [2.05, 4.69) is 20.2 Å². The van der Waals surface area contributed by atoms with Gasteiger partial charge >= 0.3 is 10.4 Å². The summed E-state index contributed by atoms with van der Waals surface area (Å²) in [7, 11) is -8.74. The number of nitrogens with zero attached hydrogens (tertiary/aromatic N) is 10.